The van der Waals surface area contributed by atoms with Gasteiger partial charge in [-0.05, 0) is 12.1 Å². The summed E-state index contributed by atoms with van der Waals surface area (Å²) in [6.07, 6.45) is 7.21. The van der Waals surface area contributed by atoms with Crippen LogP contribution in [0.25, 0.3) is 17.3 Å². The molecule has 0 amide bonds. The zero-order chi connectivity index (χ0) is 10.8. The van der Waals surface area contributed by atoms with E-state index in [2.05, 4.69) is 15.0 Å². The van der Waals surface area contributed by atoms with Crippen LogP contribution in [-0.2, 0) is 0 Å². The average molecular weight is 210 g/mol. The first-order chi connectivity index (χ1) is 7.95. The summed E-state index contributed by atoms with van der Waals surface area (Å²) in [4.78, 5) is 11.6. The number of benzene rings is 1. The van der Waals surface area contributed by atoms with Gasteiger partial charge in [0.05, 0.1) is 0 Å². The van der Waals surface area contributed by atoms with Crippen LogP contribution >= 0.6 is 0 Å². The number of para-hydroxylation sites is 1. The molecule has 2 heterocycles. The van der Waals surface area contributed by atoms with Crippen LogP contribution in [0.2, 0.25) is 0 Å². The van der Waals surface area contributed by atoms with E-state index in [4.69, 9.17) is 0 Å². The number of hydrogen-bond donors (Lipinski definition) is 1. The van der Waals surface area contributed by atoms with Gasteiger partial charge in [0.1, 0.15) is 0 Å². The van der Waals surface area contributed by atoms with Gasteiger partial charge in [-0.1, -0.05) is 18.2 Å². The van der Waals surface area contributed by atoms with Crippen molar-refractivity contribution in [1.82, 2.24) is 19.5 Å². The SMILES string of the molecule is c1ccc(-n2ccnc2-c2ncc[nH]2)cc1. The summed E-state index contributed by atoms with van der Waals surface area (Å²) in [6, 6.07) is 10.1. The summed E-state index contributed by atoms with van der Waals surface area (Å²) in [6.45, 7) is 0. The maximum atomic E-state index is 4.30. The highest BCUT2D eigenvalue weighted by Gasteiger charge is 2.08. The highest BCUT2D eigenvalue weighted by Crippen LogP contribution is 2.17. The molecule has 3 rings (SSSR count). The first-order valence-corrected chi connectivity index (χ1v) is 5.04. The quantitative estimate of drug-likeness (QED) is 0.705. The van der Waals surface area contributed by atoms with Crippen molar-refractivity contribution in [2.45, 2.75) is 0 Å². The Kier molecular flexibility index (Phi) is 2.04. The molecule has 3 aromatic rings. The van der Waals surface area contributed by atoms with Crippen molar-refractivity contribution in [3.8, 4) is 17.3 Å². The Morgan fingerprint density at radius 1 is 1.00 bits per heavy atom. The minimum absolute atomic E-state index is 0.772. The van der Waals surface area contributed by atoms with E-state index in [1.165, 1.54) is 0 Å². The molecule has 0 aliphatic heterocycles. The lowest BCUT2D eigenvalue weighted by Gasteiger charge is -2.05. The van der Waals surface area contributed by atoms with Crippen molar-refractivity contribution >= 4 is 0 Å². The Balaban J connectivity index is 2.14. The van der Waals surface area contributed by atoms with Crippen molar-refractivity contribution in [3.63, 3.8) is 0 Å². The largest absolute Gasteiger partial charge is 0.342 e. The molecule has 0 atom stereocenters. The molecule has 0 unspecified atom stereocenters. The van der Waals surface area contributed by atoms with Crippen molar-refractivity contribution < 1.29 is 0 Å². The minimum atomic E-state index is 0.772. The Hall–Kier alpha value is -2.36. The maximum Gasteiger partial charge on any atom is 0.180 e. The van der Waals surface area contributed by atoms with E-state index < -0.39 is 0 Å². The van der Waals surface area contributed by atoms with Crippen LogP contribution in [-0.4, -0.2) is 19.5 Å². The highest BCUT2D eigenvalue weighted by atomic mass is 15.1. The fourth-order valence-electron chi connectivity index (χ4n) is 1.66. The number of imidazole rings is 2. The monoisotopic (exact) mass is 210 g/mol. The van der Waals surface area contributed by atoms with Gasteiger partial charge in [0.25, 0.3) is 0 Å². The van der Waals surface area contributed by atoms with E-state index in [1.54, 1.807) is 18.6 Å². The normalized spacial score (nSPS) is 10.5. The Morgan fingerprint density at radius 2 is 1.88 bits per heavy atom. The molecule has 0 fully saturated rings. The lowest BCUT2D eigenvalue weighted by molar-refractivity contribution is 1.04. The van der Waals surface area contributed by atoms with Gasteiger partial charge in [-0.15, -0.1) is 0 Å². The molecule has 0 aliphatic carbocycles. The van der Waals surface area contributed by atoms with Crippen molar-refractivity contribution in [2.75, 3.05) is 0 Å². The second-order valence-electron chi connectivity index (χ2n) is 3.39. The summed E-state index contributed by atoms with van der Waals surface area (Å²) in [7, 11) is 0. The third kappa shape index (κ3) is 1.40. The molecule has 0 spiro atoms. The molecule has 4 heteroatoms. The third-order valence-electron chi connectivity index (χ3n) is 2.39. The van der Waals surface area contributed by atoms with E-state index in [1.807, 2.05) is 41.1 Å². The molecular weight excluding hydrogens is 200 g/mol. The molecular formula is C12H10N4. The van der Waals surface area contributed by atoms with Crippen LogP contribution in [0.15, 0.2) is 55.1 Å². The van der Waals surface area contributed by atoms with Crippen LogP contribution in [0.4, 0.5) is 0 Å². The van der Waals surface area contributed by atoms with E-state index in [0.717, 1.165) is 17.3 Å². The fraction of sp³-hybridized carbons (Fsp3) is 0. The predicted molar refractivity (Wildman–Crippen MR) is 61.1 cm³/mol. The van der Waals surface area contributed by atoms with Crippen LogP contribution in [0.3, 0.4) is 0 Å². The van der Waals surface area contributed by atoms with Gasteiger partial charge in [0, 0.05) is 30.5 Å². The fourth-order valence-corrected chi connectivity index (χ4v) is 1.66. The summed E-state index contributed by atoms with van der Waals surface area (Å²) in [5.41, 5.74) is 1.08. The van der Waals surface area contributed by atoms with Crippen LogP contribution < -0.4 is 0 Å². The smallest absolute Gasteiger partial charge is 0.180 e. The van der Waals surface area contributed by atoms with E-state index in [0.29, 0.717) is 0 Å². The van der Waals surface area contributed by atoms with Gasteiger partial charge in [-0.2, -0.15) is 0 Å². The molecule has 1 aromatic carbocycles. The second kappa shape index (κ2) is 3.66. The number of nitrogens with zero attached hydrogens (tertiary/aromatic N) is 3. The molecule has 0 bridgehead atoms. The molecule has 0 radical (unpaired) electrons. The predicted octanol–water partition coefficient (Wildman–Crippen LogP) is 2.26. The van der Waals surface area contributed by atoms with Gasteiger partial charge < -0.3 is 4.98 Å². The molecule has 0 saturated carbocycles. The Morgan fingerprint density at radius 3 is 2.62 bits per heavy atom. The lowest BCUT2D eigenvalue weighted by atomic mass is 10.3. The van der Waals surface area contributed by atoms with E-state index >= 15 is 0 Å². The number of aromatic nitrogens is 4. The van der Waals surface area contributed by atoms with Crippen LogP contribution in [0.5, 0.6) is 0 Å². The Bertz CT molecular complexity index is 566. The molecule has 0 aliphatic rings. The van der Waals surface area contributed by atoms with Crippen molar-refractivity contribution in [3.05, 3.63) is 55.1 Å². The first kappa shape index (κ1) is 8.91. The van der Waals surface area contributed by atoms with Crippen molar-refractivity contribution in [1.29, 1.82) is 0 Å². The van der Waals surface area contributed by atoms with Crippen LogP contribution in [0.1, 0.15) is 0 Å². The topological polar surface area (TPSA) is 46.5 Å². The molecule has 2 aromatic heterocycles. The van der Waals surface area contributed by atoms with Gasteiger partial charge in [-0.25, -0.2) is 9.97 Å². The maximum absolute atomic E-state index is 4.30. The molecule has 1 N–H and O–H groups in total. The number of H-pyrrole nitrogens is 1. The summed E-state index contributed by atoms with van der Waals surface area (Å²) < 4.78 is 2.00. The van der Waals surface area contributed by atoms with Gasteiger partial charge in [-0.3, -0.25) is 4.57 Å². The third-order valence-corrected chi connectivity index (χ3v) is 2.39. The number of aromatic amines is 1. The zero-order valence-corrected chi connectivity index (χ0v) is 8.54. The molecule has 4 nitrogen and oxygen atoms in total. The Labute approximate surface area is 92.6 Å². The standard InChI is InChI=1S/C12H10N4/c1-2-4-10(5-3-1)16-9-8-15-12(16)11-13-6-7-14-11/h1-9H,(H,13,14). The highest BCUT2D eigenvalue weighted by molar-refractivity contribution is 5.49. The van der Waals surface area contributed by atoms with Crippen molar-refractivity contribution in [2.24, 2.45) is 0 Å². The summed E-state index contributed by atoms with van der Waals surface area (Å²) in [5, 5.41) is 0. The number of hydrogen-bond acceptors (Lipinski definition) is 2. The molecule has 16 heavy (non-hydrogen) atoms. The van der Waals surface area contributed by atoms with Gasteiger partial charge in [0.15, 0.2) is 11.6 Å². The zero-order valence-electron chi connectivity index (χ0n) is 8.54. The first-order valence-electron chi connectivity index (χ1n) is 5.04. The van der Waals surface area contributed by atoms with Gasteiger partial charge in [0.2, 0.25) is 0 Å². The summed E-state index contributed by atoms with van der Waals surface area (Å²) in [5.74, 6) is 1.59. The lowest BCUT2D eigenvalue weighted by Crippen LogP contribution is -1.96. The molecule has 0 saturated heterocycles. The molecule has 78 valence electrons. The van der Waals surface area contributed by atoms with Gasteiger partial charge >= 0.3 is 0 Å². The summed E-state index contributed by atoms with van der Waals surface area (Å²) >= 11 is 0. The number of rotatable bonds is 2. The average Bonchev–Trinajstić information content (AvgIpc) is 3.01. The number of nitrogens with one attached hydrogen (secondary N) is 1. The van der Waals surface area contributed by atoms with E-state index in [-0.39, 0.29) is 0 Å². The second-order valence-corrected chi connectivity index (χ2v) is 3.39. The van der Waals surface area contributed by atoms with E-state index in [9.17, 15) is 0 Å². The van der Waals surface area contributed by atoms with Crippen LogP contribution in [0, 0.1) is 0 Å². The minimum Gasteiger partial charge on any atom is -0.342 e.